The van der Waals surface area contributed by atoms with Gasteiger partial charge in [-0.15, -0.1) is 6.58 Å². The number of hydrogen-bond acceptors (Lipinski definition) is 4. The number of amides is 1. The third kappa shape index (κ3) is 4.33. The topological polar surface area (TPSA) is 93.5 Å². The Kier molecular flexibility index (Phi) is 6.08. The van der Waals surface area contributed by atoms with E-state index in [2.05, 4.69) is 17.0 Å². The van der Waals surface area contributed by atoms with E-state index in [4.69, 9.17) is 4.74 Å². The highest BCUT2D eigenvalue weighted by atomic mass is 16.5. The molecule has 0 spiro atoms. The summed E-state index contributed by atoms with van der Waals surface area (Å²) in [4.78, 5) is 23.7. The van der Waals surface area contributed by atoms with Crippen LogP contribution in [0.25, 0.3) is 5.69 Å². The second-order valence-corrected chi connectivity index (χ2v) is 5.53. The molecule has 0 aliphatic rings. The van der Waals surface area contributed by atoms with E-state index >= 15 is 0 Å². The molecule has 7 heteroatoms. The first-order chi connectivity index (χ1) is 12.0. The monoisotopic (exact) mass is 343 g/mol. The lowest BCUT2D eigenvalue weighted by Crippen LogP contribution is -2.44. The minimum atomic E-state index is -1.17. The van der Waals surface area contributed by atoms with Gasteiger partial charge in [0.15, 0.2) is 6.04 Å². The van der Waals surface area contributed by atoms with Crippen LogP contribution in [0, 0.1) is 13.8 Å². The Morgan fingerprint density at radius 2 is 2.12 bits per heavy atom. The third-order valence-corrected chi connectivity index (χ3v) is 3.72. The number of aromatic nitrogens is 2. The lowest BCUT2D eigenvalue weighted by molar-refractivity contribution is -0.140. The van der Waals surface area contributed by atoms with E-state index in [0.717, 1.165) is 11.3 Å². The number of carbonyl (C=O) groups is 2. The molecular formula is C18H21N3O4. The number of carboxylic acid groups (broad SMARTS) is 1. The van der Waals surface area contributed by atoms with Gasteiger partial charge in [0.25, 0.3) is 5.91 Å². The molecule has 2 aromatic rings. The van der Waals surface area contributed by atoms with Crippen molar-refractivity contribution in [2.75, 3.05) is 13.2 Å². The maximum absolute atomic E-state index is 12.4. The summed E-state index contributed by atoms with van der Waals surface area (Å²) in [6.07, 6.45) is 2.94. The van der Waals surface area contributed by atoms with Crippen LogP contribution in [0.4, 0.5) is 0 Å². The Balaban J connectivity index is 2.18. The zero-order valence-corrected chi connectivity index (χ0v) is 14.2. The molecule has 0 radical (unpaired) electrons. The molecule has 1 aromatic carbocycles. The highest BCUT2D eigenvalue weighted by Crippen LogP contribution is 2.17. The molecule has 0 saturated heterocycles. The summed E-state index contributed by atoms with van der Waals surface area (Å²) < 4.78 is 6.79. The summed E-state index contributed by atoms with van der Waals surface area (Å²) in [5, 5.41) is 15.9. The Hall–Kier alpha value is -2.93. The molecule has 1 amide bonds. The molecule has 132 valence electrons. The van der Waals surface area contributed by atoms with Gasteiger partial charge >= 0.3 is 5.97 Å². The first-order valence-electron chi connectivity index (χ1n) is 7.78. The summed E-state index contributed by atoms with van der Waals surface area (Å²) in [5.41, 5.74) is 2.83. The van der Waals surface area contributed by atoms with Crippen LogP contribution in [0.5, 0.6) is 0 Å². The molecule has 2 N–H and O–H groups in total. The number of carbonyl (C=O) groups excluding carboxylic acids is 1. The molecule has 1 heterocycles. The molecule has 0 bridgehead atoms. The summed E-state index contributed by atoms with van der Waals surface area (Å²) in [6.45, 7) is 7.28. The highest BCUT2D eigenvalue weighted by molar-refractivity contribution is 5.97. The number of rotatable bonds is 8. The van der Waals surface area contributed by atoms with Crippen LogP contribution >= 0.6 is 0 Å². The van der Waals surface area contributed by atoms with Crippen molar-refractivity contribution in [1.29, 1.82) is 0 Å². The zero-order chi connectivity index (χ0) is 18.4. The largest absolute Gasteiger partial charge is 0.480 e. The molecule has 25 heavy (non-hydrogen) atoms. The van der Waals surface area contributed by atoms with Crippen LogP contribution in [0.1, 0.15) is 21.6 Å². The van der Waals surface area contributed by atoms with Crippen molar-refractivity contribution in [3.05, 3.63) is 59.9 Å². The Morgan fingerprint density at radius 3 is 2.76 bits per heavy atom. The summed E-state index contributed by atoms with van der Waals surface area (Å²) in [6, 6.07) is 6.52. The number of aliphatic carboxylic acids is 1. The molecule has 2 rings (SSSR count). The van der Waals surface area contributed by atoms with Gasteiger partial charge in [0.2, 0.25) is 0 Å². The number of nitrogens with one attached hydrogen (secondary N) is 1. The minimum Gasteiger partial charge on any atom is -0.480 e. The Labute approximate surface area is 145 Å². The van der Waals surface area contributed by atoms with Crippen LogP contribution < -0.4 is 5.32 Å². The van der Waals surface area contributed by atoms with Gasteiger partial charge < -0.3 is 15.2 Å². The Bertz CT molecular complexity index is 782. The molecular weight excluding hydrogens is 322 g/mol. The lowest BCUT2D eigenvalue weighted by atomic mass is 10.2. The average molecular weight is 343 g/mol. The second-order valence-electron chi connectivity index (χ2n) is 5.53. The van der Waals surface area contributed by atoms with Crippen molar-refractivity contribution < 1.29 is 19.4 Å². The van der Waals surface area contributed by atoms with Crippen LogP contribution in [-0.2, 0) is 9.53 Å². The SMILES string of the molecule is C=CCOCC(NC(=O)c1cnn(-c2ccccc2C)c1C)C(=O)O. The standard InChI is InChI=1S/C18H21N3O4/c1-4-9-25-11-15(18(23)24)20-17(22)14-10-19-21(13(14)3)16-8-6-5-7-12(16)2/h4-8,10,15H,1,9,11H2,2-3H3,(H,20,22)(H,23,24). The summed E-state index contributed by atoms with van der Waals surface area (Å²) in [7, 11) is 0. The van der Waals surface area contributed by atoms with Crippen molar-refractivity contribution in [3.8, 4) is 5.69 Å². The van der Waals surface area contributed by atoms with E-state index in [0.29, 0.717) is 11.3 Å². The van der Waals surface area contributed by atoms with Crippen molar-refractivity contribution in [3.63, 3.8) is 0 Å². The minimum absolute atomic E-state index is 0.141. The summed E-state index contributed by atoms with van der Waals surface area (Å²) in [5.74, 6) is -1.67. The summed E-state index contributed by atoms with van der Waals surface area (Å²) >= 11 is 0. The first-order valence-corrected chi connectivity index (χ1v) is 7.78. The predicted molar refractivity (Wildman–Crippen MR) is 92.9 cm³/mol. The molecule has 1 aromatic heterocycles. The molecule has 0 aliphatic heterocycles. The number of benzene rings is 1. The fourth-order valence-corrected chi connectivity index (χ4v) is 2.36. The average Bonchev–Trinajstić information content (AvgIpc) is 2.96. The second kappa shape index (κ2) is 8.25. The molecule has 0 saturated carbocycles. The zero-order valence-electron chi connectivity index (χ0n) is 14.2. The molecule has 7 nitrogen and oxygen atoms in total. The highest BCUT2D eigenvalue weighted by Gasteiger charge is 2.23. The molecule has 0 aliphatic carbocycles. The van der Waals surface area contributed by atoms with Gasteiger partial charge in [-0.05, 0) is 25.5 Å². The number of aryl methyl sites for hydroxylation is 1. The van der Waals surface area contributed by atoms with Crippen LogP contribution in [-0.4, -0.2) is 46.0 Å². The maximum atomic E-state index is 12.4. The van der Waals surface area contributed by atoms with Crippen molar-refractivity contribution in [2.24, 2.45) is 0 Å². The first kappa shape index (κ1) is 18.4. The lowest BCUT2D eigenvalue weighted by Gasteiger charge is -2.14. The fourth-order valence-electron chi connectivity index (χ4n) is 2.36. The van der Waals surface area contributed by atoms with Gasteiger partial charge in [-0.1, -0.05) is 24.3 Å². The Morgan fingerprint density at radius 1 is 1.40 bits per heavy atom. The van der Waals surface area contributed by atoms with Crippen LogP contribution in [0.15, 0.2) is 43.1 Å². The van der Waals surface area contributed by atoms with Gasteiger partial charge in [-0.25, -0.2) is 9.48 Å². The predicted octanol–water partition coefficient (Wildman–Crippen LogP) is 1.87. The number of para-hydroxylation sites is 1. The number of nitrogens with zero attached hydrogens (tertiary/aromatic N) is 2. The van der Waals surface area contributed by atoms with Gasteiger partial charge in [0.1, 0.15) is 0 Å². The number of hydrogen-bond donors (Lipinski definition) is 2. The maximum Gasteiger partial charge on any atom is 0.328 e. The van der Waals surface area contributed by atoms with E-state index in [1.54, 1.807) is 11.6 Å². The van der Waals surface area contributed by atoms with E-state index < -0.39 is 17.9 Å². The molecule has 1 unspecified atom stereocenters. The number of carboxylic acids is 1. The third-order valence-electron chi connectivity index (χ3n) is 3.72. The fraction of sp³-hybridized carbons (Fsp3) is 0.278. The van der Waals surface area contributed by atoms with Crippen molar-refractivity contribution in [2.45, 2.75) is 19.9 Å². The van der Waals surface area contributed by atoms with Gasteiger partial charge in [-0.2, -0.15) is 5.10 Å². The van der Waals surface area contributed by atoms with Crippen molar-refractivity contribution >= 4 is 11.9 Å². The van der Waals surface area contributed by atoms with E-state index in [9.17, 15) is 14.7 Å². The quantitative estimate of drug-likeness (QED) is 0.564. The van der Waals surface area contributed by atoms with E-state index in [-0.39, 0.29) is 13.2 Å². The van der Waals surface area contributed by atoms with E-state index in [1.165, 1.54) is 12.3 Å². The van der Waals surface area contributed by atoms with Crippen LogP contribution in [0.2, 0.25) is 0 Å². The van der Waals surface area contributed by atoms with Crippen molar-refractivity contribution in [1.82, 2.24) is 15.1 Å². The molecule has 0 fully saturated rings. The smallest absolute Gasteiger partial charge is 0.328 e. The van der Waals surface area contributed by atoms with Gasteiger partial charge in [-0.3, -0.25) is 4.79 Å². The number of ether oxygens (including phenoxy) is 1. The molecule has 1 atom stereocenters. The van der Waals surface area contributed by atoms with Gasteiger partial charge in [0.05, 0.1) is 36.4 Å². The van der Waals surface area contributed by atoms with Gasteiger partial charge in [0, 0.05) is 0 Å². The normalized spacial score (nSPS) is 11.8. The van der Waals surface area contributed by atoms with Crippen LogP contribution in [0.3, 0.4) is 0 Å². The van der Waals surface area contributed by atoms with E-state index in [1.807, 2.05) is 31.2 Å².